The number of morpholine rings is 1. The summed E-state index contributed by atoms with van der Waals surface area (Å²) in [4.78, 5) is 18.1. The van der Waals surface area contributed by atoms with Crippen LogP contribution >= 0.6 is 0 Å². The maximum atomic E-state index is 13.3. The molecule has 122 valence electrons. The Morgan fingerprint density at radius 3 is 3.13 bits per heavy atom. The molecule has 7 heteroatoms. The van der Waals surface area contributed by atoms with Gasteiger partial charge in [-0.15, -0.1) is 0 Å². The number of imidazole rings is 1. The molecular formula is C16H19FN4O2. The first-order chi connectivity index (χ1) is 11.1. The summed E-state index contributed by atoms with van der Waals surface area (Å²) in [5.74, 6) is 0.482. The SMILES string of the molecule is Cn1ccnc1CNC(=O)N1CCO[C@H](c2cccc(F)c2)C1. The highest BCUT2D eigenvalue weighted by atomic mass is 19.1. The highest BCUT2D eigenvalue weighted by molar-refractivity contribution is 5.74. The van der Waals surface area contributed by atoms with Crippen molar-refractivity contribution in [2.24, 2.45) is 7.05 Å². The lowest BCUT2D eigenvalue weighted by molar-refractivity contribution is -0.0156. The van der Waals surface area contributed by atoms with Crippen LogP contribution in [0.2, 0.25) is 0 Å². The predicted molar refractivity (Wildman–Crippen MR) is 82.1 cm³/mol. The van der Waals surface area contributed by atoms with E-state index in [1.54, 1.807) is 17.2 Å². The third-order valence-corrected chi connectivity index (χ3v) is 3.89. The average molecular weight is 318 g/mol. The molecule has 1 aliphatic rings. The molecule has 1 fully saturated rings. The molecule has 0 spiro atoms. The monoisotopic (exact) mass is 318 g/mol. The van der Waals surface area contributed by atoms with E-state index in [0.29, 0.717) is 26.2 Å². The fourth-order valence-electron chi connectivity index (χ4n) is 2.58. The summed E-state index contributed by atoms with van der Waals surface area (Å²) in [6.07, 6.45) is 3.21. The number of carbonyl (C=O) groups is 1. The van der Waals surface area contributed by atoms with Crippen LogP contribution in [0.4, 0.5) is 9.18 Å². The molecular weight excluding hydrogens is 299 g/mol. The summed E-state index contributed by atoms with van der Waals surface area (Å²) >= 11 is 0. The van der Waals surface area contributed by atoms with Crippen LogP contribution in [0, 0.1) is 5.82 Å². The highest BCUT2D eigenvalue weighted by Crippen LogP contribution is 2.22. The molecule has 1 aliphatic heterocycles. The largest absolute Gasteiger partial charge is 0.370 e. The van der Waals surface area contributed by atoms with E-state index in [1.165, 1.54) is 12.1 Å². The molecule has 0 unspecified atom stereocenters. The van der Waals surface area contributed by atoms with Crippen LogP contribution in [-0.2, 0) is 18.3 Å². The van der Waals surface area contributed by atoms with Gasteiger partial charge in [-0.3, -0.25) is 0 Å². The van der Waals surface area contributed by atoms with E-state index in [0.717, 1.165) is 11.4 Å². The Labute approximate surface area is 133 Å². The first kappa shape index (κ1) is 15.5. The van der Waals surface area contributed by atoms with Crippen molar-refractivity contribution in [1.29, 1.82) is 0 Å². The summed E-state index contributed by atoms with van der Waals surface area (Å²) in [6.45, 7) is 1.70. The number of rotatable bonds is 3. The van der Waals surface area contributed by atoms with E-state index in [1.807, 2.05) is 23.9 Å². The molecule has 2 heterocycles. The molecule has 0 radical (unpaired) electrons. The highest BCUT2D eigenvalue weighted by Gasteiger charge is 2.25. The summed E-state index contributed by atoms with van der Waals surface area (Å²) in [6, 6.07) is 6.12. The zero-order valence-electron chi connectivity index (χ0n) is 12.9. The third kappa shape index (κ3) is 3.68. The lowest BCUT2D eigenvalue weighted by atomic mass is 10.1. The quantitative estimate of drug-likeness (QED) is 0.939. The fourth-order valence-corrected chi connectivity index (χ4v) is 2.58. The van der Waals surface area contributed by atoms with Gasteiger partial charge in [-0.05, 0) is 17.7 Å². The Morgan fingerprint density at radius 2 is 2.39 bits per heavy atom. The molecule has 1 aromatic carbocycles. The van der Waals surface area contributed by atoms with E-state index in [2.05, 4.69) is 10.3 Å². The number of carbonyl (C=O) groups excluding carboxylic acids is 1. The van der Waals surface area contributed by atoms with Crippen molar-refractivity contribution in [1.82, 2.24) is 19.8 Å². The number of aromatic nitrogens is 2. The average Bonchev–Trinajstić information content (AvgIpc) is 2.98. The molecule has 23 heavy (non-hydrogen) atoms. The van der Waals surface area contributed by atoms with Gasteiger partial charge < -0.3 is 19.5 Å². The van der Waals surface area contributed by atoms with Gasteiger partial charge in [0.25, 0.3) is 0 Å². The van der Waals surface area contributed by atoms with Crippen molar-refractivity contribution in [3.63, 3.8) is 0 Å². The van der Waals surface area contributed by atoms with E-state index in [4.69, 9.17) is 4.74 Å². The maximum absolute atomic E-state index is 13.3. The van der Waals surface area contributed by atoms with Crippen molar-refractivity contribution < 1.29 is 13.9 Å². The zero-order chi connectivity index (χ0) is 16.2. The van der Waals surface area contributed by atoms with Gasteiger partial charge in [0.1, 0.15) is 17.7 Å². The van der Waals surface area contributed by atoms with Crippen LogP contribution < -0.4 is 5.32 Å². The second kappa shape index (κ2) is 6.78. The van der Waals surface area contributed by atoms with Gasteiger partial charge in [0.2, 0.25) is 0 Å². The summed E-state index contributed by atoms with van der Waals surface area (Å²) < 4.78 is 20.9. The third-order valence-electron chi connectivity index (χ3n) is 3.89. The molecule has 0 aliphatic carbocycles. The number of amides is 2. The number of hydrogen-bond acceptors (Lipinski definition) is 3. The van der Waals surface area contributed by atoms with Gasteiger partial charge in [0.15, 0.2) is 0 Å². The number of urea groups is 1. The van der Waals surface area contributed by atoms with Crippen molar-refractivity contribution in [3.05, 3.63) is 53.9 Å². The maximum Gasteiger partial charge on any atom is 0.317 e. The summed E-state index contributed by atoms with van der Waals surface area (Å²) in [5.41, 5.74) is 0.742. The first-order valence-electron chi connectivity index (χ1n) is 7.49. The molecule has 1 atom stereocenters. The number of aryl methyl sites for hydroxylation is 1. The Balaban J connectivity index is 1.59. The minimum atomic E-state index is -0.307. The van der Waals surface area contributed by atoms with Crippen molar-refractivity contribution in [2.75, 3.05) is 19.7 Å². The van der Waals surface area contributed by atoms with E-state index < -0.39 is 0 Å². The lowest BCUT2D eigenvalue weighted by Crippen LogP contribution is -2.47. The smallest absolute Gasteiger partial charge is 0.317 e. The molecule has 2 aromatic rings. The van der Waals surface area contributed by atoms with Crippen molar-refractivity contribution in [2.45, 2.75) is 12.6 Å². The van der Waals surface area contributed by atoms with Gasteiger partial charge in [0.05, 0.1) is 19.7 Å². The number of nitrogens with one attached hydrogen (secondary N) is 1. The minimum absolute atomic E-state index is 0.169. The Bertz CT molecular complexity index is 688. The van der Waals surface area contributed by atoms with Gasteiger partial charge in [-0.2, -0.15) is 0 Å². The first-order valence-corrected chi connectivity index (χ1v) is 7.49. The van der Waals surface area contributed by atoms with Crippen LogP contribution in [-0.4, -0.2) is 40.2 Å². The lowest BCUT2D eigenvalue weighted by Gasteiger charge is -2.33. The standard InChI is InChI=1S/C16H19FN4O2/c1-20-6-5-18-15(20)10-19-16(22)21-7-8-23-14(11-21)12-3-2-4-13(17)9-12/h2-6,9,14H,7-8,10-11H2,1H3,(H,19,22)/t14-/m0/s1. The van der Waals surface area contributed by atoms with E-state index in [-0.39, 0.29) is 18.0 Å². The number of nitrogens with zero attached hydrogens (tertiary/aromatic N) is 3. The Morgan fingerprint density at radius 1 is 1.52 bits per heavy atom. The Kier molecular flexibility index (Phi) is 4.57. The minimum Gasteiger partial charge on any atom is -0.370 e. The topological polar surface area (TPSA) is 59.4 Å². The van der Waals surface area contributed by atoms with Gasteiger partial charge in [-0.25, -0.2) is 14.2 Å². The second-order valence-corrected chi connectivity index (χ2v) is 5.47. The number of hydrogen-bond donors (Lipinski definition) is 1. The molecule has 3 rings (SSSR count). The molecule has 1 saturated heterocycles. The molecule has 1 N–H and O–H groups in total. The summed E-state index contributed by atoms with van der Waals surface area (Å²) in [5, 5.41) is 2.85. The zero-order valence-corrected chi connectivity index (χ0v) is 12.9. The molecule has 6 nitrogen and oxygen atoms in total. The van der Waals surface area contributed by atoms with Gasteiger partial charge in [-0.1, -0.05) is 12.1 Å². The Hall–Kier alpha value is -2.41. The number of benzene rings is 1. The molecule has 1 aromatic heterocycles. The van der Waals surface area contributed by atoms with Gasteiger partial charge in [0, 0.05) is 26.0 Å². The van der Waals surface area contributed by atoms with Crippen molar-refractivity contribution >= 4 is 6.03 Å². The normalized spacial score (nSPS) is 18.0. The van der Waals surface area contributed by atoms with E-state index >= 15 is 0 Å². The van der Waals surface area contributed by atoms with Crippen LogP contribution in [0.25, 0.3) is 0 Å². The molecule has 0 bridgehead atoms. The second-order valence-electron chi connectivity index (χ2n) is 5.47. The van der Waals surface area contributed by atoms with Crippen LogP contribution in [0.1, 0.15) is 17.5 Å². The number of ether oxygens (including phenoxy) is 1. The van der Waals surface area contributed by atoms with Gasteiger partial charge >= 0.3 is 6.03 Å². The molecule has 0 saturated carbocycles. The van der Waals surface area contributed by atoms with E-state index in [9.17, 15) is 9.18 Å². The summed E-state index contributed by atoms with van der Waals surface area (Å²) in [7, 11) is 1.88. The fraction of sp³-hybridized carbons (Fsp3) is 0.375. The molecule has 2 amide bonds. The van der Waals surface area contributed by atoms with Crippen LogP contribution in [0.15, 0.2) is 36.7 Å². The van der Waals surface area contributed by atoms with Crippen molar-refractivity contribution in [3.8, 4) is 0 Å². The number of halogens is 1. The predicted octanol–water partition coefficient (Wildman–Crippen LogP) is 1.84. The van der Waals surface area contributed by atoms with Crippen LogP contribution in [0.3, 0.4) is 0 Å². The van der Waals surface area contributed by atoms with Crippen LogP contribution in [0.5, 0.6) is 0 Å².